The third-order valence-corrected chi connectivity index (χ3v) is 2.60. The zero-order valence-electron chi connectivity index (χ0n) is 8.79. The molecule has 2 rings (SSSR count). The van der Waals surface area contributed by atoms with Gasteiger partial charge < -0.3 is 10.1 Å². The fraction of sp³-hybridized carbons (Fsp3) is 0.700. The van der Waals surface area contributed by atoms with Crippen LogP contribution in [0.15, 0.2) is 12.4 Å². The normalized spacial score (nSPS) is 19.3. The van der Waals surface area contributed by atoms with Gasteiger partial charge in [-0.2, -0.15) is 5.10 Å². The van der Waals surface area contributed by atoms with Crippen molar-refractivity contribution in [2.75, 3.05) is 13.1 Å². The fourth-order valence-electron chi connectivity index (χ4n) is 1.49. The van der Waals surface area contributed by atoms with E-state index in [4.69, 9.17) is 4.74 Å². The molecular weight excluding hydrogens is 178 g/mol. The highest BCUT2D eigenvalue weighted by Gasteiger charge is 2.32. The molecule has 0 unspecified atom stereocenters. The molecule has 1 aliphatic rings. The molecule has 78 valence electrons. The molecule has 0 amide bonds. The van der Waals surface area contributed by atoms with Gasteiger partial charge in [-0.1, -0.05) is 0 Å². The molecule has 1 aromatic heterocycles. The minimum Gasteiger partial charge on any atom is -0.368 e. The number of nitrogens with one attached hydrogen (secondary N) is 1. The molecule has 4 nitrogen and oxygen atoms in total. The number of nitrogens with zero attached hydrogens (tertiary/aromatic N) is 2. The largest absolute Gasteiger partial charge is 0.368 e. The summed E-state index contributed by atoms with van der Waals surface area (Å²) in [7, 11) is 0. The van der Waals surface area contributed by atoms with Crippen molar-refractivity contribution in [3.8, 4) is 0 Å². The first-order valence-electron chi connectivity index (χ1n) is 5.08. The highest BCUT2D eigenvalue weighted by atomic mass is 16.5. The van der Waals surface area contributed by atoms with E-state index in [0.29, 0.717) is 6.61 Å². The molecular formula is C10H17N3O. The van der Waals surface area contributed by atoms with Gasteiger partial charge >= 0.3 is 0 Å². The maximum absolute atomic E-state index is 5.79. The van der Waals surface area contributed by atoms with Crippen LogP contribution < -0.4 is 5.32 Å². The Kier molecular flexibility index (Phi) is 2.56. The predicted octanol–water partition coefficient (Wildman–Crippen LogP) is 0.781. The van der Waals surface area contributed by atoms with E-state index < -0.39 is 0 Å². The molecule has 2 heterocycles. The molecule has 0 bridgehead atoms. The topological polar surface area (TPSA) is 39.1 Å². The lowest BCUT2D eigenvalue weighted by atomic mass is 10.0. The number of hydrogen-bond donors (Lipinski definition) is 1. The second kappa shape index (κ2) is 3.71. The molecule has 1 fully saturated rings. The SMILES string of the molecule is CCn1cc(COC2(C)CNC2)cn1. The summed E-state index contributed by atoms with van der Waals surface area (Å²) in [4.78, 5) is 0. The lowest BCUT2D eigenvalue weighted by Gasteiger charge is -2.38. The van der Waals surface area contributed by atoms with E-state index in [-0.39, 0.29) is 5.60 Å². The van der Waals surface area contributed by atoms with E-state index in [0.717, 1.165) is 25.2 Å². The Morgan fingerprint density at radius 3 is 2.93 bits per heavy atom. The molecule has 14 heavy (non-hydrogen) atoms. The van der Waals surface area contributed by atoms with Crippen molar-refractivity contribution in [3.05, 3.63) is 18.0 Å². The summed E-state index contributed by atoms with van der Waals surface area (Å²) in [5.74, 6) is 0. The standard InChI is InChI=1S/C10H17N3O/c1-3-13-5-9(4-12-13)6-14-10(2)7-11-8-10/h4-5,11H,3,6-8H2,1-2H3. The number of aryl methyl sites for hydroxylation is 1. The number of hydrogen-bond acceptors (Lipinski definition) is 3. The molecule has 0 radical (unpaired) electrons. The van der Waals surface area contributed by atoms with Crippen LogP contribution in [0.4, 0.5) is 0 Å². The maximum atomic E-state index is 5.79. The van der Waals surface area contributed by atoms with Gasteiger partial charge in [0.2, 0.25) is 0 Å². The van der Waals surface area contributed by atoms with Crippen molar-refractivity contribution in [2.45, 2.75) is 32.6 Å². The van der Waals surface area contributed by atoms with Gasteiger partial charge in [0.25, 0.3) is 0 Å². The van der Waals surface area contributed by atoms with Crippen molar-refractivity contribution < 1.29 is 4.74 Å². The third kappa shape index (κ3) is 1.96. The van der Waals surface area contributed by atoms with Crippen molar-refractivity contribution in [1.29, 1.82) is 0 Å². The monoisotopic (exact) mass is 195 g/mol. The van der Waals surface area contributed by atoms with E-state index in [1.165, 1.54) is 0 Å². The Morgan fingerprint density at radius 1 is 1.64 bits per heavy atom. The quantitative estimate of drug-likeness (QED) is 0.771. The van der Waals surface area contributed by atoms with Gasteiger partial charge in [-0.25, -0.2) is 0 Å². The number of rotatable bonds is 4. The van der Waals surface area contributed by atoms with Crippen LogP contribution in [0.25, 0.3) is 0 Å². The van der Waals surface area contributed by atoms with E-state index in [1.54, 1.807) is 0 Å². The smallest absolute Gasteiger partial charge is 0.0906 e. The number of aromatic nitrogens is 2. The lowest BCUT2D eigenvalue weighted by molar-refractivity contribution is -0.0767. The van der Waals surface area contributed by atoms with Gasteiger partial charge in [-0.3, -0.25) is 4.68 Å². The molecule has 4 heteroatoms. The van der Waals surface area contributed by atoms with Crippen molar-refractivity contribution in [2.24, 2.45) is 0 Å². The van der Waals surface area contributed by atoms with Crippen LogP contribution in [0.1, 0.15) is 19.4 Å². The second-order valence-corrected chi connectivity index (χ2v) is 4.05. The van der Waals surface area contributed by atoms with Crippen molar-refractivity contribution in [1.82, 2.24) is 15.1 Å². The zero-order valence-corrected chi connectivity index (χ0v) is 8.79. The molecule has 1 N–H and O–H groups in total. The van der Waals surface area contributed by atoms with Gasteiger partial charge in [0, 0.05) is 31.4 Å². The Balaban J connectivity index is 1.85. The Morgan fingerprint density at radius 2 is 2.43 bits per heavy atom. The minimum atomic E-state index is 0.0360. The lowest BCUT2D eigenvalue weighted by Crippen LogP contribution is -2.58. The van der Waals surface area contributed by atoms with Crippen LogP contribution in [0.2, 0.25) is 0 Å². The highest BCUT2D eigenvalue weighted by Crippen LogP contribution is 2.17. The fourth-order valence-corrected chi connectivity index (χ4v) is 1.49. The molecule has 0 atom stereocenters. The van der Waals surface area contributed by atoms with Crippen LogP contribution in [0, 0.1) is 0 Å². The van der Waals surface area contributed by atoms with Gasteiger partial charge in [0.05, 0.1) is 18.4 Å². The van der Waals surface area contributed by atoms with Gasteiger partial charge in [-0.15, -0.1) is 0 Å². The summed E-state index contributed by atoms with van der Waals surface area (Å²) in [5.41, 5.74) is 1.19. The molecule has 0 aliphatic carbocycles. The predicted molar refractivity (Wildman–Crippen MR) is 54.0 cm³/mol. The molecule has 0 aromatic carbocycles. The summed E-state index contributed by atoms with van der Waals surface area (Å²) in [6.45, 7) is 7.70. The van der Waals surface area contributed by atoms with E-state index >= 15 is 0 Å². The highest BCUT2D eigenvalue weighted by molar-refractivity contribution is 5.03. The van der Waals surface area contributed by atoms with Crippen molar-refractivity contribution in [3.63, 3.8) is 0 Å². The maximum Gasteiger partial charge on any atom is 0.0906 e. The van der Waals surface area contributed by atoms with Crippen LogP contribution in [0.3, 0.4) is 0 Å². The molecule has 1 aliphatic heterocycles. The first-order chi connectivity index (χ1) is 6.72. The zero-order chi connectivity index (χ0) is 10.0. The van der Waals surface area contributed by atoms with Crippen LogP contribution in [-0.4, -0.2) is 28.5 Å². The van der Waals surface area contributed by atoms with E-state index in [2.05, 4.69) is 24.3 Å². The van der Waals surface area contributed by atoms with Crippen molar-refractivity contribution >= 4 is 0 Å². The Labute approximate surface area is 84.3 Å². The van der Waals surface area contributed by atoms with Gasteiger partial charge in [0.15, 0.2) is 0 Å². The Hall–Kier alpha value is -0.870. The van der Waals surface area contributed by atoms with Gasteiger partial charge in [0.1, 0.15) is 0 Å². The minimum absolute atomic E-state index is 0.0360. The van der Waals surface area contributed by atoms with E-state index in [1.807, 2.05) is 17.1 Å². The third-order valence-electron chi connectivity index (χ3n) is 2.60. The molecule has 0 saturated carbocycles. The van der Waals surface area contributed by atoms with E-state index in [9.17, 15) is 0 Å². The summed E-state index contributed by atoms with van der Waals surface area (Å²) in [6, 6.07) is 0. The molecule has 1 aromatic rings. The Bertz CT molecular complexity index is 304. The summed E-state index contributed by atoms with van der Waals surface area (Å²) >= 11 is 0. The first kappa shape index (κ1) is 9.68. The average molecular weight is 195 g/mol. The first-order valence-corrected chi connectivity index (χ1v) is 5.08. The van der Waals surface area contributed by atoms with Crippen LogP contribution >= 0.6 is 0 Å². The summed E-state index contributed by atoms with van der Waals surface area (Å²) in [6.07, 6.45) is 3.91. The number of ether oxygens (including phenoxy) is 1. The summed E-state index contributed by atoms with van der Waals surface area (Å²) in [5, 5.41) is 7.41. The molecule has 0 spiro atoms. The van der Waals surface area contributed by atoms with Crippen LogP contribution in [-0.2, 0) is 17.9 Å². The summed E-state index contributed by atoms with van der Waals surface area (Å²) < 4.78 is 7.71. The average Bonchev–Trinajstić information content (AvgIpc) is 2.59. The van der Waals surface area contributed by atoms with Gasteiger partial charge in [-0.05, 0) is 13.8 Å². The second-order valence-electron chi connectivity index (χ2n) is 4.05. The molecule has 1 saturated heterocycles. The van der Waals surface area contributed by atoms with Crippen LogP contribution in [0.5, 0.6) is 0 Å².